The van der Waals surface area contributed by atoms with Gasteiger partial charge in [-0.15, -0.1) is 0 Å². The fourth-order valence-corrected chi connectivity index (χ4v) is 2.26. The second kappa shape index (κ2) is 7.33. The summed E-state index contributed by atoms with van der Waals surface area (Å²) in [6.45, 7) is 8.84. The van der Waals surface area contributed by atoms with Gasteiger partial charge in [-0.25, -0.2) is 4.79 Å². The fourth-order valence-electron chi connectivity index (χ4n) is 1.45. The zero-order valence-corrected chi connectivity index (χ0v) is 12.3. The Morgan fingerprint density at radius 2 is 2.22 bits per heavy atom. The Labute approximate surface area is 112 Å². The number of anilines is 1. The molecule has 1 N–H and O–H groups in total. The van der Waals surface area contributed by atoms with Gasteiger partial charge in [-0.3, -0.25) is 0 Å². The number of carbonyl (C=O) groups is 1. The molecule has 0 unspecified atom stereocenters. The number of likely N-dealkylation sites (N-methyl/N-ethyl adjacent to an activating group) is 1. The highest BCUT2D eigenvalue weighted by Crippen LogP contribution is 2.25. The van der Waals surface area contributed by atoms with Crippen molar-refractivity contribution in [2.75, 3.05) is 38.6 Å². The first-order valence-electron chi connectivity index (χ1n) is 6.15. The Morgan fingerprint density at radius 3 is 2.83 bits per heavy atom. The number of hydrogen-bond donors (Lipinski definition) is 1. The maximum Gasteiger partial charge on any atom is 0.343 e. The van der Waals surface area contributed by atoms with Crippen LogP contribution in [0.5, 0.6) is 0 Å². The Morgan fingerprint density at radius 1 is 1.50 bits per heavy atom. The third-order valence-corrected chi connectivity index (χ3v) is 3.56. The Bertz CT molecular complexity index is 393. The van der Waals surface area contributed by atoms with Crippen molar-refractivity contribution in [1.82, 2.24) is 9.27 Å². The van der Waals surface area contributed by atoms with Crippen LogP contribution in [0.2, 0.25) is 0 Å². The number of hydrogen-bond acceptors (Lipinski definition) is 6. The van der Waals surface area contributed by atoms with Gasteiger partial charge in [0.2, 0.25) is 0 Å². The van der Waals surface area contributed by atoms with Crippen molar-refractivity contribution in [2.24, 2.45) is 0 Å². The van der Waals surface area contributed by atoms with Crippen LogP contribution in [0.15, 0.2) is 0 Å². The van der Waals surface area contributed by atoms with E-state index in [4.69, 9.17) is 4.74 Å². The van der Waals surface area contributed by atoms with Crippen molar-refractivity contribution in [2.45, 2.75) is 20.8 Å². The summed E-state index contributed by atoms with van der Waals surface area (Å²) in [4.78, 5) is 14.0. The van der Waals surface area contributed by atoms with Gasteiger partial charge in [0.1, 0.15) is 10.6 Å². The van der Waals surface area contributed by atoms with Crippen molar-refractivity contribution in [1.29, 1.82) is 0 Å². The average molecular weight is 271 g/mol. The van der Waals surface area contributed by atoms with Crippen LogP contribution in [-0.2, 0) is 4.74 Å². The third kappa shape index (κ3) is 3.96. The van der Waals surface area contributed by atoms with Gasteiger partial charge in [0.15, 0.2) is 0 Å². The maximum absolute atomic E-state index is 11.8. The molecule has 1 rings (SSSR count). The number of rotatable bonds is 7. The van der Waals surface area contributed by atoms with E-state index in [1.54, 1.807) is 6.92 Å². The molecule has 0 amide bonds. The zero-order chi connectivity index (χ0) is 13.5. The lowest BCUT2D eigenvalue weighted by atomic mass is 10.2. The van der Waals surface area contributed by atoms with Crippen LogP contribution in [0.3, 0.4) is 0 Å². The van der Waals surface area contributed by atoms with Crippen LogP contribution in [0.1, 0.15) is 29.9 Å². The van der Waals surface area contributed by atoms with Crippen LogP contribution in [0.25, 0.3) is 0 Å². The predicted molar refractivity (Wildman–Crippen MR) is 74.5 cm³/mol. The molecule has 1 heterocycles. The molecule has 0 aliphatic carbocycles. The highest BCUT2D eigenvalue weighted by molar-refractivity contribution is 7.10. The van der Waals surface area contributed by atoms with Gasteiger partial charge in [-0.2, -0.15) is 4.37 Å². The summed E-state index contributed by atoms with van der Waals surface area (Å²) in [5.41, 5.74) is 1.30. The lowest BCUT2D eigenvalue weighted by Crippen LogP contribution is -2.25. The molecule has 6 heteroatoms. The van der Waals surface area contributed by atoms with E-state index >= 15 is 0 Å². The summed E-state index contributed by atoms with van der Waals surface area (Å²) in [6.07, 6.45) is 0. The molecule has 1 aromatic rings. The molecule has 5 nitrogen and oxygen atoms in total. The summed E-state index contributed by atoms with van der Waals surface area (Å²) in [5, 5.41) is 4.05. The van der Waals surface area contributed by atoms with E-state index in [0.29, 0.717) is 12.2 Å². The van der Waals surface area contributed by atoms with Gasteiger partial charge in [0, 0.05) is 13.1 Å². The highest BCUT2D eigenvalue weighted by Gasteiger charge is 2.19. The number of nitrogens with one attached hydrogen (secondary N) is 1. The monoisotopic (exact) mass is 271 g/mol. The first kappa shape index (κ1) is 14.9. The maximum atomic E-state index is 11.8. The lowest BCUT2D eigenvalue weighted by molar-refractivity contribution is 0.0527. The molecule has 0 saturated carbocycles. The molecule has 0 atom stereocenters. The van der Waals surface area contributed by atoms with Crippen LogP contribution in [0, 0.1) is 6.92 Å². The van der Waals surface area contributed by atoms with Crippen LogP contribution in [0.4, 0.5) is 5.00 Å². The SMILES string of the molecule is CCOC(=O)c1c(C)nsc1NCCN(C)CC. The van der Waals surface area contributed by atoms with E-state index in [9.17, 15) is 4.79 Å². The zero-order valence-electron chi connectivity index (χ0n) is 11.4. The minimum Gasteiger partial charge on any atom is -0.462 e. The predicted octanol–water partition coefficient (Wildman–Crippen LogP) is 1.99. The molecule has 0 aliphatic rings. The smallest absolute Gasteiger partial charge is 0.343 e. The Kier molecular flexibility index (Phi) is 6.07. The first-order valence-corrected chi connectivity index (χ1v) is 6.93. The Hall–Kier alpha value is -1.14. The summed E-state index contributed by atoms with van der Waals surface area (Å²) in [5.74, 6) is -0.296. The molecule has 0 bridgehead atoms. The molecule has 0 saturated heterocycles. The van der Waals surface area contributed by atoms with Crippen LogP contribution >= 0.6 is 11.5 Å². The lowest BCUT2D eigenvalue weighted by Gasteiger charge is -2.14. The van der Waals surface area contributed by atoms with Gasteiger partial charge in [-0.05, 0) is 39.0 Å². The minimum atomic E-state index is -0.296. The van der Waals surface area contributed by atoms with Crippen LogP contribution in [-0.4, -0.2) is 48.5 Å². The van der Waals surface area contributed by atoms with Crippen molar-refractivity contribution < 1.29 is 9.53 Å². The molecular weight excluding hydrogens is 250 g/mol. The van der Waals surface area contributed by atoms with E-state index in [0.717, 1.165) is 30.3 Å². The number of aromatic nitrogens is 1. The summed E-state index contributed by atoms with van der Waals surface area (Å²) >= 11 is 1.31. The van der Waals surface area contributed by atoms with Crippen molar-refractivity contribution in [3.63, 3.8) is 0 Å². The van der Waals surface area contributed by atoms with Gasteiger partial charge < -0.3 is 15.0 Å². The van der Waals surface area contributed by atoms with Gasteiger partial charge >= 0.3 is 5.97 Å². The second-order valence-electron chi connectivity index (χ2n) is 4.02. The van der Waals surface area contributed by atoms with E-state index in [1.807, 2.05) is 6.92 Å². The topological polar surface area (TPSA) is 54.5 Å². The van der Waals surface area contributed by atoms with E-state index in [-0.39, 0.29) is 5.97 Å². The fraction of sp³-hybridized carbons (Fsp3) is 0.667. The number of ether oxygens (including phenoxy) is 1. The van der Waals surface area contributed by atoms with Crippen molar-refractivity contribution >= 4 is 22.5 Å². The number of esters is 1. The quantitative estimate of drug-likeness (QED) is 0.769. The number of aryl methyl sites for hydroxylation is 1. The van der Waals surface area contributed by atoms with E-state index in [2.05, 4.69) is 28.6 Å². The minimum absolute atomic E-state index is 0.296. The van der Waals surface area contributed by atoms with E-state index in [1.165, 1.54) is 11.5 Å². The van der Waals surface area contributed by atoms with Crippen molar-refractivity contribution in [3.05, 3.63) is 11.3 Å². The molecular formula is C12H21N3O2S. The third-order valence-electron chi connectivity index (χ3n) is 2.66. The molecule has 1 aromatic heterocycles. The van der Waals surface area contributed by atoms with E-state index < -0.39 is 0 Å². The molecule has 0 aromatic carbocycles. The normalized spacial score (nSPS) is 10.7. The summed E-state index contributed by atoms with van der Waals surface area (Å²) < 4.78 is 9.24. The van der Waals surface area contributed by atoms with Crippen LogP contribution < -0.4 is 5.32 Å². The molecule has 18 heavy (non-hydrogen) atoms. The molecule has 0 fully saturated rings. The average Bonchev–Trinajstić information content (AvgIpc) is 2.70. The first-order chi connectivity index (χ1) is 8.60. The standard InChI is InChI=1S/C12H21N3O2S/c1-5-15(4)8-7-13-11-10(9(3)14-18-11)12(16)17-6-2/h13H,5-8H2,1-4H3. The van der Waals surface area contributed by atoms with Crippen molar-refractivity contribution in [3.8, 4) is 0 Å². The molecule has 0 radical (unpaired) electrons. The highest BCUT2D eigenvalue weighted by atomic mass is 32.1. The summed E-state index contributed by atoms with van der Waals surface area (Å²) in [6, 6.07) is 0. The Balaban J connectivity index is 2.63. The summed E-state index contributed by atoms with van der Waals surface area (Å²) in [7, 11) is 2.06. The van der Waals surface area contributed by atoms with Gasteiger partial charge in [-0.1, -0.05) is 6.92 Å². The largest absolute Gasteiger partial charge is 0.462 e. The number of carbonyl (C=O) groups excluding carboxylic acids is 1. The second-order valence-corrected chi connectivity index (χ2v) is 4.79. The molecule has 0 spiro atoms. The molecule has 0 aliphatic heterocycles. The van der Waals surface area contributed by atoms with Gasteiger partial charge in [0.05, 0.1) is 12.3 Å². The molecule has 102 valence electrons. The van der Waals surface area contributed by atoms with Gasteiger partial charge in [0.25, 0.3) is 0 Å². The number of nitrogens with zero attached hydrogens (tertiary/aromatic N) is 2.